The van der Waals surface area contributed by atoms with Crippen molar-refractivity contribution >= 4 is 22.5 Å². The third-order valence-electron chi connectivity index (χ3n) is 5.81. The van der Waals surface area contributed by atoms with Crippen molar-refractivity contribution in [2.75, 3.05) is 19.6 Å². The molecule has 3 aliphatic heterocycles. The molecule has 0 spiro atoms. The van der Waals surface area contributed by atoms with Crippen LogP contribution in [0.3, 0.4) is 0 Å². The molecule has 1 N–H and O–H groups in total. The lowest BCUT2D eigenvalue weighted by Gasteiger charge is -2.44. The van der Waals surface area contributed by atoms with Gasteiger partial charge in [-0.3, -0.25) is 14.7 Å². The molecule has 27 heavy (non-hydrogen) atoms. The summed E-state index contributed by atoms with van der Waals surface area (Å²) in [5, 5.41) is 7.34. The first-order valence-corrected chi connectivity index (χ1v) is 9.14. The Hall–Kier alpha value is -2.22. The number of benzene rings is 1. The number of aromatic amines is 1. The highest BCUT2D eigenvalue weighted by Crippen LogP contribution is 2.35. The summed E-state index contributed by atoms with van der Waals surface area (Å²) in [6.07, 6.45) is -2.98. The van der Waals surface area contributed by atoms with Gasteiger partial charge in [0.2, 0.25) is 5.78 Å². The number of fused-ring (bicyclic) bond motifs is 4. The van der Waals surface area contributed by atoms with Crippen molar-refractivity contribution in [2.45, 2.75) is 31.9 Å². The second-order valence-corrected chi connectivity index (χ2v) is 7.58. The first kappa shape index (κ1) is 18.2. The Labute approximate surface area is 153 Å². The van der Waals surface area contributed by atoms with Crippen molar-refractivity contribution in [1.29, 1.82) is 0 Å². The Morgan fingerprint density at radius 2 is 1.96 bits per heavy atom. The molecule has 2 aromatic rings. The van der Waals surface area contributed by atoms with Crippen LogP contribution in [0.4, 0.5) is 13.2 Å². The minimum absolute atomic E-state index is 0.0979. The number of rotatable bonds is 5. The fraction of sp³-hybridized carbons (Fsp3) is 0.526. The lowest BCUT2D eigenvalue weighted by molar-refractivity contribution is -0.170. The summed E-state index contributed by atoms with van der Waals surface area (Å²) >= 11 is 0. The molecule has 3 saturated heterocycles. The average molecular weight is 379 g/mol. The van der Waals surface area contributed by atoms with Gasteiger partial charge in [0.15, 0.2) is 5.78 Å². The quantitative estimate of drug-likeness (QED) is 0.811. The molecule has 3 aliphatic rings. The largest absolute Gasteiger partial charge is 0.450 e. The van der Waals surface area contributed by atoms with Crippen LogP contribution in [0, 0.1) is 11.8 Å². The maximum atomic E-state index is 12.8. The van der Waals surface area contributed by atoms with E-state index in [1.54, 1.807) is 6.07 Å². The normalized spacial score (nSPS) is 25.1. The molecule has 0 radical (unpaired) electrons. The number of carbonyl (C=O) groups excluding carboxylic acids is 2. The van der Waals surface area contributed by atoms with E-state index in [0.717, 1.165) is 32.5 Å². The third kappa shape index (κ3) is 3.63. The number of carbonyl (C=O) groups is 2. The smallest absolute Gasteiger partial charge is 0.303 e. The fourth-order valence-electron chi connectivity index (χ4n) is 4.32. The molecular formula is C19H20F3N3O2. The monoisotopic (exact) mass is 379 g/mol. The van der Waals surface area contributed by atoms with Crippen LogP contribution >= 0.6 is 0 Å². The Kier molecular flexibility index (Phi) is 4.53. The molecule has 1 aromatic heterocycles. The van der Waals surface area contributed by atoms with E-state index in [1.165, 1.54) is 12.1 Å². The van der Waals surface area contributed by atoms with E-state index in [4.69, 9.17) is 0 Å². The van der Waals surface area contributed by atoms with Gasteiger partial charge in [-0.25, -0.2) is 0 Å². The van der Waals surface area contributed by atoms with Gasteiger partial charge < -0.3 is 4.90 Å². The summed E-state index contributed by atoms with van der Waals surface area (Å²) in [7, 11) is 0. The summed E-state index contributed by atoms with van der Waals surface area (Å²) in [5.41, 5.74) is 1.06. The first-order valence-electron chi connectivity index (χ1n) is 9.14. The lowest BCUT2D eigenvalue weighted by atomic mass is 9.76. The summed E-state index contributed by atoms with van der Waals surface area (Å²) in [6, 6.07) is 4.48. The minimum atomic E-state index is -4.86. The van der Waals surface area contributed by atoms with E-state index in [2.05, 4.69) is 15.1 Å². The predicted octanol–water partition coefficient (Wildman–Crippen LogP) is 3.15. The van der Waals surface area contributed by atoms with Crippen molar-refractivity contribution in [1.82, 2.24) is 15.1 Å². The highest BCUT2D eigenvalue weighted by molar-refractivity contribution is 6.06. The van der Waals surface area contributed by atoms with E-state index in [0.29, 0.717) is 29.2 Å². The molecule has 144 valence electrons. The number of nitrogens with one attached hydrogen (secondary N) is 1. The van der Waals surface area contributed by atoms with E-state index in [9.17, 15) is 22.8 Å². The van der Waals surface area contributed by atoms with E-state index >= 15 is 0 Å². The number of hydrogen-bond donors (Lipinski definition) is 1. The topological polar surface area (TPSA) is 66.1 Å². The molecule has 0 aliphatic carbocycles. The van der Waals surface area contributed by atoms with Gasteiger partial charge in [0.05, 0.1) is 5.52 Å². The number of aromatic nitrogens is 2. The Bertz CT molecular complexity index is 882. The molecule has 0 amide bonds. The van der Waals surface area contributed by atoms with Crippen LogP contribution in [-0.4, -0.2) is 52.5 Å². The molecule has 1 atom stereocenters. The number of halogens is 3. The highest BCUT2D eigenvalue weighted by atomic mass is 19.4. The predicted molar refractivity (Wildman–Crippen MR) is 92.5 cm³/mol. The third-order valence-corrected chi connectivity index (χ3v) is 5.81. The molecule has 5 rings (SSSR count). The second-order valence-electron chi connectivity index (χ2n) is 7.58. The van der Waals surface area contributed by atoms with Crippen molar-refractivity contribution in [3.63, 3.8) is 0 Å². The molecule has 3 fully saturated rings. The van der Waals surface area contributed by atoms with Gasteiger partial charge in [-0.2, -0.15) is 18.3 Å². The summed E-state index contributed by atoms with van der Waals surface area (Å²) in [5.74, 6) is -1.03. The van der Waals surface area contributed by atoms with Crippen molar-refractivity contribution < 1.29 is 22.8 Å². The van der Waals surface area contributed by atoms with Gasteiger partial charge in [0, 0.05) is 24.8 Å². The van der Waals surface area contributed by atoms with Crippen LogP contribution in [0.5, 0.6) is 0 Å². The van der Waals surface area contributed by atoms with Crippen LogP contribution in [0.1, 0.15) is 35.3 Å². The molecule has 4 heterocycles. The maximum Gasteiger partial charge on any atom is 0.450 e. The molecule has 2 bridgehead atoms. The van der Waals surface area contributed by atoms with Crippen LogP contribution < -0.4 is 0 Å². The number of ketones is 2. The number of piperidine rings is 3. The molecule has 0 unspecified atom stereocenters. The number of nitrogens with zero attached hydrogens (tertiary/aromatic N) is 2. The van der Waals surface area contributed by atoms with Gasteiger partial charge >= 0.3 is 6.18 Å². The Balaban J connectivity index is 1.54. The average Bonchev–Trinajstić information content (AvgIpc) is 3.05. The molecule has 0 saturated carbocycles. The number of H-pyrrole nitrogens is 1. The molecule has 8 heteroatoms. The van der Waals surface area contributed by atoms with Crippen LogP contribution in [0.25, 0.3) is 10.9 Å². The summed E-state index contributed by atoms with van der Waals surface area (Å²) in [6.45, 7) is 3.11. The summed E-state index contributed by atoms with van der Waals surface area (Å²) in [4.78, 5) is 26.4. The van der Waals surface area contributed by atoms with Gasteiger partial charge in [-0.1, -0.05) is 6.07 Å². The first-order chi connectivity index (χ1) is 12.8. The lowest BCUT2D eigenvalue weighted by Crippen LogP contribution is -2.47. The zero-order valence-corrected chi connectivity index (χ0v) is 14.7. The molecule has 1 aromatic carbocycles. The SMILES string of the molecule is O=C(C[C@@H]1CN2CCC1CC2)c1n[nH]c2ccc(CC(=O)C(F)(F)F)cc12. The van der Waals surface area contributed by atoms with E-state index in [1.807, 2.05) is 0 Å². The number of alkyl halides is 3. The van der Waals surface area contributed by atoms with E-state index in [-0.39, 0.29) is 17.0 Å². The molecular weight excluding hydrogens is 359 g/mol. The van der Waals surface area contributed by atoms with Crippen LogP contribution in [-0.2, 0) is 11.2 Å². The van der Waals surface area contributed by atoms with Crippen molar-refractivity contribution in [3.05, 3.63) is 29.5 Å². The molecule has 5 nitrogen and oxygen atoms in total. The van der Waals surface area contributed by atoms with Gasteiger partial charge in [0.1, 0.15) is 5.69 Å². The Morgan fingerprint density at radius 1 is 1.22 bits per heavy atom. The Morgan fingerprint density at radius 3 is 2.59 bits per heavy atom. The highest BCUT2D eigenvalue weighted by Gasteiger charge is 2.38. The van der Waals surface area contributed by atoms with Crippen LogP contribution in [0.2, 0.25) is 0 Å². The fourth-order valence-corrected chi connectivity index (χ4v) is 4.32. The maximum absolute atomic E-state index is 12.8. The van der Waals surface area contributed by atoms with E-state index < -0.39 is 18.4 Å². The van der Waals surface area contributed by atoms with Gasteiger partial charge in [-0.15, -0.1) is 0 Å². The van der Waals surface area contributed by atoms with Gasteiger partial charge in [0.25, 0.3) is 0 Å². The second kappa shape index (κ2) is 6.74. The minimum Gasteiger partial charge on any atom is -0.303 e. The zero-order chi connectivity index (χ0) is 19.2. The van der Waals surface area contributed by atoms with Gasteiger partial charge in [-0.05, 0) is 55.5 Å². The number of Topliss-reactive ketones (excluding diaryl/α,β-unsaturated/α-hetero) is 2. The van der Waals surface area contributed by atoms with Crippen molar-refractivity contribution in [3.8, 4) is 0 Å². The zero-order valence-electron chi connectivity index (χ0n) is 14.7. The number of hydrogen-bond acceptors (Lipinski definition) is 4. The summed E-state index contributed by atoms with van der Waals surface area (Å²) < 4.78 is 37.5. The van der Waals surface area contributed by atoms with Crippen LogP contribution in [0.15, 0.2) is 18.2 Å². The standard InChI is InChI=1S/C19H20F3N3O2/c20-19(21,22)17(27)8-11-1-2-15-14(7-11)18(24-23-15)16(26)9-13-10-25-5-3-12(13)4-6-25/h1-2,7,12-13H,3-6,8-10H2,(H,23,24)/t13-/m1/s1. The van der Waals surface area contributed by atoms with Crippen molar-refractivity contribution in [2.24, 2.45) is 11.8 Å².